The molecule has 3 aromatic rings. The van der Waals surface area contributed by atoms with Gasteiger partial charge in [-0.05, 0) is 67.9 Å². The van der Waals surface area contributed by atoms with Crippen LogP contribution in [0.15, 0.2) is 59.7 Å². The first-order valence-corrected chi connectivity index (χ1v) is 29.6. The second kappa shape index (κ2) is 38.5. The number of nitrogens with zero attached hydrogens (tertiary/aromatic N) is 1. The summed E-state index contributed by atoms with van der Waals surface area (Å²) < 4.78 is 0. The number of aliphatic imine (C=N–C) groups is 1. The van der Waals surface area contributed by atoms with E-state index < -0.39 is 207 Å². The van der Waals surface area contributed by atoms with Gasteiger partial charge in [-0.1, -0.05) is 44.2 Å². The van der Waals surface area contributed by atoms with Gasteiger partial charge in [0.15, 0.2) is 5.96 Å². The number of aliphatic carboxylic acids is 4. The second-order valence-corrected chi connectivity index (χ2v) is 22.4. The maximum atomic E-state index is 14.2. The van der Waals surface area contributed by atoms with Gasteiger partial charge in [0.1, 0.15) is 60.1 Å². The monoisotopic (exact) mass is 1350 g/mol. The Morgan fingerprint density at radius 3 is 1.50 bits per heavy atom. The lowest BCUT2D eigenvalue weighted by Crippen LogP contribution is -2.61. The lowest BCUT2D eigenvalue weighted by Gasteiger charge is -2.27. The van der Waals surface area contributed by atoms with Crippen molar-refractivity contribution < 1.29 is 102 Å². The van der Waals surface area contributed by atoms with Gasteiger partial charge >= 0.3 is 23.9 Å². The molecule has 12 amide bonds. The topological polar surface area (TPSA) is 653 Å². The van der Waals surface area contributed by atoms with Crippen LogP contribution in [0.3, 0.4) is 0 Å². The summed E-state index contributed by atoms with van der Waals surface area (Å²) in [6.07, 6.45) is -4.94. The van der Waals surface area contributed by atoms with E-state index in [9.17, 15) is 102 Å². The highest BCUT2D eigenvalue weighted by Crippen LogP contribution is 2.20. The molecule has 3 rings (SSSR count). The quantitative estimate of drug-likeness (QED) is 0.0142. The van der Waals surface area contributed by atoms with Gasteiger partial charge in [-0.3, -0.25) is 76.9 Å². The van der Waals surface area contributed by atoms with Gasteiger partial charge in [-0.15, -0.1) is 0 Å². The zero-order valence-electron chi connectivity index (χ0n) is 52.3. The fourth-order valence-corrected chi connectivity index (χ4v) is 9.15. The highest BCUT2D eigenvalue weighted by atomic mass is 16.4. The SMILES string of the molecule is CC(C)C[C@H](N)C(=O)N[C@@H](CCCN=C(N)N)C(=O)N[C@@H](C)C(=O)N[C@@H](CCC(N)=O)C(=O)N[C@@H](CC(=O)O)C(=O)N[C@@H](CC(=O)O)C(=O)N[C@@H](Cc1ccc(O)cc1)C(=O)N[C@@H](CC(N)=O)C(=O)NCC(=O)N[C@@H](Cc1c[nH]c2ccccc12)C(=O)N[C@@H](CC(=O)O)C(=O)O. The predicted octanol–water partition coefficient (Wildman–Crippen LogP) is -6.77. The van der Waals surface area contributed by atoms with Crippen molar-refractivity contribution in [1.82, 2.24) is 58.2 Å². The molecule has 0 saturated carbocycles. The second-order valence-electron chi connectivity index (χ2n) is 22.4. The maximum Gasteiger partial charge on any atom is 0.326 e. The number of primary amides is 2. The molecule has 26 N–H and O–H groups in total. The van der Waals surface area contributed by atoms with Gasteiger partial charge < -0.3 is 112 Å². The van der Waals surface area contributed by atoms with Gasteiger partial charge in [-0.2, -0.15) is 0 Å². The number of benzene rings is 2. The Hall–Kier alpha value is -11.5. The van der Waals surface area contributed by atoms with Gasteiger partial charge in [0.2, 0.25) is 70.9 Å². The number of carboxylic acid groups (broad SMARTS) is 4. The Balaban J connectivity index is 1.89. The molecule has 0 spiro atoms. The van der Waals surface area contributed by atoms with Crippen molar-refractivity contribution in [3.05, 3.63) is 65.9 Å². The summed E-state index contributed by atoms with van der Waals surface area (Å²) in [6.45, 7) is 3.81. The van der Waals surface area contributed by atoms with Crippen molar-refractivity contribution in [3.63, 3.8) is 0 Å². The van der Waals surface area contributed by atoms with E-state index in [1.807, 2.05) is 19.2 Å². The van der Waals surface area contributed by atoms with Crippen molar-refractivity contribution in [2.24, 2.45) is 39.6 Å². The summed E-state index contributed by atoms with van der Waals surface area (Å²) in [5, 5.41) is 71.3. The number of hydrogen-bond donors (Lipinski definition) is 21. The average molecular weight is 1350 g/mol. The van der Waals surface area contributed by atoms with Crippen LogP contribution in [-0.4, -0.2) is 205 Å². The predicted molar refractivity (Wildman–Crippen MR) is 334 cm³/mol. The zero-order valence-corrected chi connectivity index (χ0v) is 52.3. The fraction of sp³-hybridized carbons (Fsp3) is 0.466. The number of phenols is 1. The lowest BCUT2D eigenvalue weighted by atomic mass is 10.0. The molecule has 38 nitrogen and oxygen atoms in total. The number of H-pyrrole nitrogens is 1. The molecule has 0 aliphatic heterocycles. The summed E-state index contributed by atoms with van der Waals surface area (Å²) in [5.41, 5.74) is 28.7. The van der Waals surface area contributed by atoms with Crippen molar-refractivity contribution in [1.29, 1.82) is 0 Å². The third-order valence-electron chi connectivity index (χ3n) is 13.9. The van der Waals surface area contributed by atoms with Crippen LogP contribution in [0.1, 0.15) is 89.7 Å². The number of aromatic nitrogens is 1. The minimum absolute atomic E-state index is 0.00772. The van der Waals surface area contributed by atoms with Gasteiger partial charge in [0.25, 0.3) is 0 Å². The molecule has 1 aromatic heterocycles. The zero-order chi connectivity index (χ0) is 72.1. The van der Waals surface area contributed by atoms with E-state index in [1.54, 1.807) is 24.3 Å². The largest absolute Gasteiger partial charge is 0.508 e. The van der Waals surface area contributed by atoms with Crippen LogP contribution in [0.4, 0.5) is 0 Å². The third-order valence-corrected chi connectivity index (χ3v) is 13.9. The van der Waals surface area contributed by atoms with Crippen LogP contribution in [0.25, 0.3) is 10.9 Å². The van der Waals surface area contributed by atoms with Gasteiger partial charge in [-0.25, -0.2) is 4.79 Å². The highest BCUT2D eigenvalue weighted by molar-refractivity contribution is 6.01. The molecule has 0 saturated heterocycles. The molecule has 0 radical (unpaired) electrons. The van der Waals surface area contributed by atoms with E-state index in [1.165, 1.54) is 25.3 Å². The Kier molecular flexibility index (Phi) is 31.6. The molecule has 0 bridgehead atoms. The summed E-state index contributed by atoms with van der Waals surface area (Å²) >= 11 is 0. The number of para-hydroxylation sites is 1. The highest BCUT2D eigenvalue weighted by Gasteiger charge is 2.37. The number of rotatable bonds is 42. The van der Waals surface area contributed by atoms with Crippen molar-refractivity contribution in [2.75, 3.05) is 13.1 Å². The number of carbonyl (C=O) groups is 16. The van der Waals surface area contributed by atoms with E-state index in [4.69, 9.17) is 28.7 Å². The van der Waals surface area contributed by atoms with Crippen LogP contribution in [-0.2, 0) is 89.6 Å². The Labute approximate surface area is 546 Å². The van der Waals surface area contributed by atoms with Crippen LogP contribution in [0.2, 0.25) is 0 Å². The number of phenolic OH excluding ortho intramolecular Hbond substituents is 1. The number of nitrogens with one attached hydrogen (secondary N) is 11. The smallest absolute Gasteiger partial charge is 0.326 e. The Morgan fingerprint density at radius 2 is 0.969 bits per heavy atom. The number of aromatic amines is 1. The molecule has 10 atom stereocenters. The van der Waals surface area contributed by atoms with E-state index in [-0.39, 0.29) is 55.4 Å². The first-order valence-electron chi connectivity index (χ1n) is 29.6. The number of aromatic hydroxyl groups is 1. The summed E-state index contributed by atoms with van der Waals surface area (Å²) in [7, 11) is 0. The molecule has 0 aliphatic rings. The van der Waals surface area contributed by atoms with E-state index in [0.717, 1.165) is 12.1 Å². The van der Waals surface area contributed by atoms with Crippen molar-refractivity contribution in [3.8, 4) is 5.75 Å². The molecular formula is C58H81N17O21. The Bertz CT molecular complexity index is 3370. The normalized spacial score (nSPS) is 14.1. The number of nitrogens with two attached hydrogens (primary N) is 5. The number of carboxylic acids is 4. The van der Waals surface area contributed by atoms with E-state index >= 15 is 0 Å². The molecule has 0 unspecified atom stereocenters. The van der Waals surface area contributed by atoms with Crippen molar-refractivity contribution >= 4 is 112 Å². The molecule has 1 heterocycles. The summed E-state index contributed by atoms with van der Waals surface area (Å²) in [4.78, 5) is 216. The molecule has 2 aromatic carbocycles. The minimum Gasteiger partial charge on any atom is -0.508 e. The van der Waals surface area contributed by atoms with E-state index in [2.05, 4.69) is 57.8 Å². The number of hydrogen-bond acceptors (Lipinski definition) is 19. The molecular weight excluding hydrogens is 1270 g/mol. The maximum absolute atomic E-state index is 14.2. The molecule has 0 aliphatic carbocycles. The van der Waals surface area contributed by atoms with Crippen LogP contribution in [0, 0.1) is 5.92 Å². The average Bonchev–Trinajstić information content (AvgIpc) is 1.71. The first kappa shape index (κ1) is 78.8. The number of amides is 12. The first-order chi connectivity index (χ1) is 45.0. The summed E-state index contributed by atoms with van der Waals surface area (Å²) in [6, 6.07) is -6.08. The van der Waals surface area contributed by atoms with Gasteiger partial charge in [0, 0.05) is 42.9 Å². The third kappa shape index (κ3) is 28.2. The number of fused-ring (bicyclic) bond motifs is 1. The summed E-state index contributed by atoms with van der Waals surface area (Å²) in [5.74, 6) is -21.6. The molecule has 0 fully saturated rings. The van der Waals surface area contributed by atoms with Gasteiger partial charge in [0.05, 0.1) is 38.3 Å². The lowest BCUT2D eigenvalue weighted by molar-refractivity contribution is -0.147. The number of guanidine groups is 1. The van der Waals surface area contributed by atoms with Crippen LogP contribution >= 0.6 is 0 Å². The minimum atomic E-state index is -2.25. The van der Waals surface area contributed by atoms with Crippen LogP contribution < -0.4 is 81.8 Å². The molecule has 524 valence electrons. The standard InChI is InChI=1S/C58H81N17O21/c1-26(2)17-32(59)49(87)70-34(9-6-16-64-58(62)63)51(89)67-27(3)48(86)69-35(14-15-42(60)77)52(90)73-39(21-45(80)81)56(94)74-40(22-46(82)83)55(93)71-36(18-28-10-12-30(76)13-11-28)53(91)72-38(20-43(61)78)50(88)66-25-44(79)68-37(54(92)75-41(57(95)96)23-47(84)85)19-29-24-65-33-8-5-4-7-31(29)33/h4-5,7-8,10-13,24,26-27,32,34-41,65,76H,6,9,14-23,25,59H2,1-3H3,(H2,60,77)(H2,61,78)(H,66,88)(H,67,89)(H,68,79)(H,69,86)(H,70,87)(H,71,93)(H,72,91)(H,73,90)(H,74,94)(H,75,92)(H,80,81)(H,82,83)(H,84,85)(H,95,96)(H4,62,63,64)/t27-,32-,34-,35-,36-,37-,38-,39-,40-,41-/m0/s1. The van der Waals surface area contributed by atoms with E-state index in [0.29, 0.717) is 16.5 Å². The number of carbonyl (C=O) groups excluding carboxylic acids is 12. The van der Waals surface area contributed by atoms with Crippen molar-refractivity contribution in [2.45, 2.75) is 152 Å². The molecule has 38 heteroatoms. The van der Waals surface area contributed by atoms with Crippen LogP contribution in [0.5, 0.6) is 5.75 Å². The fourth-order valence-electron chi connectivity index (χ4n) is 9.15. The Morgan fingerprint density at radius 1 is 0.500 bits per heavy atom. The molecule has 96 heavy (non-hydrogen) atoms.